The standard InChI is InChI=1S/C29H32O16/c1-38-17-8-14(3-5-15(17)31)26(36)40-11-29(37)12-41-28(25(29)35)45-24-23(34)22(33)20(10-30)44-27(24)43-19-9-16-13(7-18(19)39-2)4-6-21(32)42-16/h3-9,20,22-25,27-28,30-31,33-35,37H,10-12H2,1-2H3/t20-,22-,23+,24-,25+,27-,28+,29+/m1/s1. The SMILES string of the molecule is COc1cc(C(=O)OC[C@]2(O)CO[C@@H](O[C@H]3[C@H](Oc4cc5oc(=O)ccc5cc4OC)O[C@H](CO)[C@@H](O)[C@@H]3O)[C@@H]2O)ccc1O. The maximum atomic E-state index is 12.6. The minimum atomic E-state index is -2.16. The Morgan fingerprint density at radius 3 is 2.44 bits per heavy atom. The molecule has 5 rings (SSSR count). The second-order valence-corrected chi connectivity index (χ2v) is 10.4. The van der Waals surface area contributed by atoms with Crippen LogP contribution in [0.2, 0.25) is 0 Å². The van der Waals surface area contributed by atoms with Crippen LogP contribution in [0.4, 0.5) is 0 Å². The molecular formula is C29H32O16. The number of phenols is 1. The molecule has 3 heterocycles. The van der Waals surface area contributed by atoms with Crippen molar-refractivity contribution in [2.75, 3.05) is 34.0 Å². The van der Waals surface area contributed by atoms with Gasteiger partial charge in [-0.25, -0.2) is 9.59 Å². The normalized spacial score (nSPS) is 29.8. The van der Waals surface area contributed by atoms with Gasteiger partial charge < -0.3 is 68.2 Å². The molecule has 3 aromatic rings. The summed E-state index contributed by atoms with van der Waals surface area (Å²) in [6.45, 7) is -2.02. The van der Waals surface area contributed by atoms with Gasteiger partial charge in [0.25, 0.3) is 0 Å². The molecule has 0 saturated carbocycles. The van der Waals surface area contributed by atoms with Gasteiger partial charge in [-0.05, 0) is 30.3 Å². The Labute approximate surface area is 254 Å². The van der Waals surface area contributed by atoms with E-state index in [1.165, 1.54) is 56.7 Å². The first-order valence-corrected chi connectivity index (χ1v) is 13.6. The zero-order chi connectivity index (χ0) is 32.5. The minimum absolute atomic E-state index is 0.00672. The molecule has 8 atom stereocenters. The number of esters is 1. The number of phenolic OH excluding ortho intramolecular Hbond substituents is 1. The number of aliphatic hydroxyl groups excluding tert-OH is 4. The molecule has 2 aliphatic rings. The second kappa shape index (κ2) is 13.2. The van der Waals surface area contributed by atoms with Crippen LogP contribution in [0.1, 0.15) is 10.4 Å². The number of aromatic hydroxyl groups is 1. The summed E-state index contributed by atoms with van der Waals surface area (Å²) in [5.74, 6) is -0.951. The van der Waals surface area contributed by atoms with E-state index in [1.807, 2.05) is 0 Å². The Morgan fingerprint density at radius 1 is 0.978 bits per heavy atom. The lowest BCUT2D eigenvalue weighted by Gasteiger charge is -2.42. The van der Waals surface area contributed by atoms with Gasteiger partial charge in [0, 0.05) is 17.5 Å². The van der Waals surface area contributed by atoms with Gasteiger partial charge in [-0.1, -0.05) is 0 Å². The van der Waals surface area contributed by atoms with Crippen LogP contribution in [0.3, 0.4) is 0 Å². The fraction of sp³-hybridized carbons (Fsp3) is 0.448. The molecule has 0 unspecified atom stereocenters. The van der Waals surface area contributed by atoms with E-state index in [2.05, 4.69) is 0 Å². The number of methoxy groups -OCH3 is 2. The topological polar surface area (TPSA) is 233 Å². The maximum Gasteiger partial charge on any atom is 0.338 e. The number of benzene rings is 2. The zero-order valence-electron chi connectivity index (χ0n) is 24.0. The average molecular weight is 637 g/mol. The molecule has 2 aromatic carbocycles. The van der Waals surface area contributed by atoms with E-state index in [0.29, 0.717) is 5.39 Å². The molecule has 16 heteroatoms. The first-order chi connectivity index (χ1) is 21.5. The van der Waals surface area contributed by atoms with Crippen molar-refractivity contribution in [3.8, 4) is 23.0 Å². The van der Waals surface area contributed by atoms with E-state index in [9.17, 15) is 40.2 Å². The van der Waals surface area contributed by atoms with E-state index in [-0.39, 0.29) is 34.1 Å². The predicted octanol–water partition coefficient (Wildman–Crippen LogP) is -0.976. The molecule has 244 valence electrons. The summed E-state index contributed by atoms with van der Waals surface area (Å²) in [5, 5.41) is 63.4. The quantitative estimate of drug-likeness (QED) is 0.116. The molecule has 0 radical (unpaired) electrons. The number of hydrogen-bond acceptors (Lipinski definition) is 16. The van der Waals surface area contributed by atoms with E-state index in [0.717, 1.165) is 0 Å². The predicted molar refractivity (Wildman–Crippen MR) is 148 cm³/mol. The van der Waals surface area contributed by atoms with Crippen LogP contribution in [-0.4, -0.2) is 119 Å². The van der Waals surface area contributed by atoms with Gasteiger partial charge in [0.1, 0.15) is 36.6 Å². The summed E-state index contributed by atoms with van der Waals surface area (Å²) < 4.78 is 43.5. The summed E-state index contributed by atoms with van der Waals surface area (Å²) in [5.41, 5.74) is -2.66. The van der Waals surface area contributed by atoms with Crippen molar-refractivity contribution in [2.45, 2.75) is 48.7 Å². The molecule has 0 bridgehead atoms. The fourth-order valence-electron chi connectivity index (χ4n) is 4.88. The van der Waals surface area contributed by atoms with Crippen molar-refractivity contribution in [3.05, 3.63) is 58.4 Å². The van der Waals surface area contributed by atoms with Crippen LogP contribution >= 0.6 is 0 Å². The van der Waals surface area contributed by atoms with Crippen LogP contribution in [0, 0.1) is 0 Å². The lowest BCUT2D eigenvalue weighted by Crippen LogP contribution is -2.62. The van der Waals surface area contributed by atoms with Crippen LogP contribution in [0.15, 0.2) is 51.7 Å². The minimum Gasteiger partial charge on any atom is -0.504 e. The number of carbonyl (C=O) groups excluding carboxylic acids is 1. The molecule has 0 aliphatic carbocycles. The molecule has 0 spiro atoms. The van der Waals surface area contributed by atoms with E-state index >= 15 is 0 Å². The second-order valence-electron chi connectivity index (χ2n) is 10.4. The van der Waals surface area contributed by atoms with Gasteiger partial charge in [0.05, 0.1) is 33.0 Å². The van der Waals surface area contributed by atoms with E-state index in [1.54, 1.807) is 0 Å². The molecule has 2 saturated heterocycles. The number of aliphatic hydroxyl groups is 5. The molecule has 2 fully saturated rings. The van der Waals surface area contributed by atoms with Crippen molar-refractivity contribution >= 4 is 16.9 Å². The number of hydrogen-bond donors (Lipinski definition) is 6. The Bertz CT molecular complexity index is 1570. The Balaban J connectivity index is 1.33. The summed E-state index contributed by atoms with van der Waals surface area (Å²) in [6.07, 6.45) is -11.4. The molecule has 45 heavy (non-hydrogen) atoms. The van der Waals surface area contributed by atoms with Gasteiger partial charge in [-0.2, -0.15) is 0 Å². The van der Waals surface area contributed by atoms with Crippen molar-refractivity contribution in [2.24, 2.45) is 0 Å². The van der Waals surface area contributed by atoms with Gasteiger partial charge in [-0.15, -0.1) is 0 Å². The van der Waals surface area contributed by atoms with Crippen molar-refractivity contribution < 1.29 is 73.0 Å². The van der Waals surface area contributed by atoms with Gasteiger partial charge in [-0.3, -0.25) is 0 Å². The van der Waals surface area contributed by atoms with Crippen LogP contribution in [0.25, 0.3) is 11.0 Å². The third-order valence-corrected chi connectivity index (χ3v) is 7.44. The third kappa shape index (κ3) is 6.54. The lowest BCUT2D eigenvalue weighted by molar-refractivity contribution is -0.319. The van der Waals surface area contributed by atoms with Gasteiger partial charge in [0.15, 0.2) is 41.0 Å². The highest BCUT2D eigenvalue weighted by molar-refractivity contribution is 5.90. The monoisotopic (exact) mass is 636 g/mol. The first kappa shape index (κ1) is 32.4. The highest BCUT2D eigenvalue weighted by Gasteiger charge is 2.54. The summed E-state index contributed by atoms with van der Waals surface area (Å²) >= 11 is 0. The first-order valence-electron chi connectivity index (χ1n) is 13.6. The zero-order valence-corrected chi connectivity index (χ0v) is 24.0. The molecule has 2 aliphatic heterocycles. The summed E-state index contributed by atoms with van der Waals surface area (Å²) in [4.78, 5) is 24.3. The van der Waals surface area contributed by atoms with Crippen molar-refractivity contribution in [1.82, 2.24) is 0 Å². The van der Waals surface area contributed by atoms with Crippen molar-refractivity contribution in [3.63, 3.8) is 0 Å². The highest BCUT2D eigenvalue weighted by atomic mass is 16.8. The Morgan fingerprint density at radius 2 is 1.73 bits per heavy atom. The fourth-order valence-corrected chi connectivity index (χ4v) is 4.88. The molecule has 1 aromatic heterocycles. The Hall–Kier alpha value is -4.00. The molecule has 16 nitrogen and oxygen atoms in total. The van der Waals surface area contributed by atoms with Gasteiger partial charge in [0.2, 0.25) is 6.29 Å². The average Bonchev–Trinajstić information content (AvgIpc) is 3.31. The van der Waals surface area contributed by atoms with Crippen LogP contribution in [-0.2, 0) is 18.9 Å². The Kier molecular flexibility index (Phi) is 9.47. The van der Waals surface area contributed by atoms with E-state index < -0.39 is 80.1 Å². The third-order valence-electron chi connectivity index (χ3n) is 7.44. The number of rotatable bonds is 10. The smallest absolute Gasteiger partial charge is 0.338 e. The van der Waals surface area contributed by atoms with Crippen LogP contribution < -0.4 is 19.8 Å². The number of ether oxygens (including phenoxy) is 7. The lowest BCUT2D eigenvalue weighted by atomic mass is 9.98. The van der Waals surface area contributed by atoms with Crippen LogP contribution in [0.5, 0.6) is 23.0 Å². The maximum absolute atomic E-state index is 12.6. The number of fused-ring (bicyclic) bond motifs is 1. The summed E-state index contributed by atoms with van der Waals surface area (Å²) in [7, 11) is 2.65. The van der Waals surface area contributed by atoms with Gasteiger partial charge >= 0.3 is 11.6 Å². The molecular weight excluding hydrogens is 604 g/mol. The number of carbonyl (C=O) groups is 1. The summed E-state index contributed by atoms with van der Waals surface area (Å²) in [6, 6.07) is 9.29. The largest absolute Gasteiger partial charge is 0.504 e. The molecule has 0 amide bonds. The molecule has 6 N–H and O–H groups in total. The van der Waals surface area contributed by atoms with Crippen molar-refractivity contribution in [1.29, 1.82) is 0 Å². The highest BCUT2D eigenvalue weighted by Crippen LogP contribution is 2.37. The van der Waals surface area contributed by atoms with E-state index in [4.69, 9.17) is 37.6 Å².